The van der Waals surface area contributed by atoms with Gasteiger partial charge in [0, 0.05) is 36.2 Å². The van der Waals surface area contributed by atoms with Crippen molar-refractivity contribution in [1.82, 2.24) is 0 Å². The molecule has 0 bridgehead atoms. The third-order valence-corrected chi connectivity index (χ3v) is 6.73. The molecule has 156 valence electrons. The summed E-state index contributed by atoms with van der Waals surface area (Å²) in [5.74, 6) is 0.491. The fraction of sp³-hybridized carbons (Fsp3) is 0.375. The maximum Gasteiger partial charge on any atom is 0.257 e. The van der Waals surface area contributed by atoms with Crippen LogP contribution in [-0.4, -0.2) is 19.0 Å². The molecule has 0 aromatic heterocycles. The molecule has 1 amide bonds. The number of piperidine rings is 1. The summed E-state index contributed by atoms with van der Waals surface area (Å²) in [6.07, 6.45) is 7.83. The molecular formula is C24H25F2N3O. The molecule has 2 N–H and O–H groups in total. The van der Waals surface area contributed by atoms with Crippen LogP contribution in [0.3, 0.4) is 0 Å². The molecule has 2 atom stereocenters. The van der Waals surface area contributed by atoms with Crippen molar-refractivity contribution in [3.8, 4) is 0 Å². The number of amides is 1. The van der Waals surface area contributed by atoms with Crippen LogP contribution in [0, 0.1) is 23.5 Å². The van der Waals surface area contributed by atoms with E-state index in [0.717, 1.165) is 25.4 Å². The Hall–Kier alpha value is -2.89. The second kappa shape index (κ2) is 7.74. The van der Waals surface area contributed by atoms with E-state index in [1.165, 1.54) is 56.1 Å². The number of halogens is 2. The van der Waals surface area contributed by atoms with Crippen molar-refractivity contribution in [1.29, 1.82) is 0 Å². The number of hydrogen-bond donors (Lipinski definition) is 2. The molecule has 2 fully saturated rings. The Kier molecular flexibility index (Phi) is 4.93. The predicted octanol–water partition coefficient (Wildman–Crippen LogP) is 5.39. The van der Waals surface area contributed by atoms with Gasteiger partial charge in [0.05, 0.1) is 11.3 Å². The summed E-state index contributed by atoms with van der Waals surface area (Å²) in [4.78, 5) is 14.4. The lowest BCUT2D eigenvalue weighted by molar-refractivity contribution is -0.110. The standard InChI is InChI=1S/C24H25F2N3O/c25-17-5-7-22-19(11-17)20(24(30)28-22)13-27-18-6-8-23(21(26)12-18)29-10-9-15-3-1-2-4-16(15)14-29/h5-8,11-13,15-16,27H,1-4,9-10,14H2,(H,28,30). The summed E-state index contributed by atoms with van der Waals surface area (Å²) >= 11 is 0. The van der Waals surface area contributed by atoms with E-state index >= 15 is 0 Å². The van der Waals surface area contributed by atoms with E-state index in [2.05, 4.69) is 15.5 Å². The fourth-order valence-electron chi connectivity index (χ4n) is 5.13. The van der Waals surface area contributed by atoms with Gasteiger partial charge in [-0.2, -0.15) is 0 Å². The number of fused-ring (bicyclic) bond motifs is 2. The summed E-state index contributed by atoms with van der Waals surface area (Å²) in [6, 6.07) is 9.24. The molecule has 0 radical (unpaired) electrons. The third-order valence-electron chi connectivity index (χ3n) is 6.73. The summed E-state index contributed by atoms with van der Waals surface area (Å²) in [5.41, 5.74) is 2.59. The molecule has 1 aliphatic carbocycles. The molecule has 30 heavy (non-hydrogen) atoms. The van der Waals surface area contributed by atoms with E-state index in [1.54, 1.807) is 0 Å². The quantitative estimate of drug-likeness (QED) is 0.669. The van der Waals surface area contributed by atoms with Crippen molar-refractivity contribution >= 4 is 28.5 Å². The van der Waals surface area contributed by atoms with Crippen LogP contribution in [0.2, 0.25) is 0 Å². The minimum atomic E-state index is -0.409. The number of nitrogens with zero attached hydrogens (tertiary/aromatic N) is 1. The van der Waals surface area contributed by atoms with Crippen LogP contribution < -0.4 is 15.5 Å². The molecule has 6 heteroatoms. The predicted molar refractivity (Wildman–Crippen MR) is 115 cm³/mol. The van der Waals surface area contributed by atoms with E-state index in [-0.39, 0.29) is 11.7 Å². The highest BCUT2D eigenvalue weighted by atomic mass is 19.1. The summed E-state index contributed by atoms with van der Waals surface area (Å²) in [5, 5.41) is 5.69. The number of rotatable bonds is 3. The molecular weight excluding hydrogens is 384 g/mol. The van der Waals surface area contributed by atoms with Crippen LogP contribution in [0.1, 0.15) is 37.7 Å². The highest BCUT2D eigenvalue weighted by Crippen LogP contribution is 2.38. The molecule has 2 aromatic rings. The molecule has 2 heterocycles. The highest BCUT2D eigenvalue weighted by molar-refractivity contribution is 6.31. The smallest absolute Gasteiger partial charge is 0.257 e. The van der Waals surface area contributed by atoms with Crippen LogP contribution in [0.25, 0.3) is 5.57 Å². The zero-order valence-electron chi connectivity index (χ0n) is 16.8. The average molecular weight is 409 g/mol. The molecule has 5 rings (SSSR count). The van der Waals surface area contributed by atoms with Gasteiger partial charge in [-0.15, -0.1) is 0 Å². The molecule has 3 aliphatic rings. The molecule has 2 unspecified atom stereocenters. The molecule has 1 saturated heterocycles. The van der Waals surface area contributed by atoms with Gasteiger partial charge in [0.15, 0.2) is 0 Å². The van der Waals surface area contributed by atoms with Gasteiger partial charge in [0.25, 0.3) is 5.91 Å². The van der Waals surface area contributed by atoms with Crippen LogP contribution in [0.4, 0.5) is 25.8 Å². The van der Waals surface area contributed by atoms with Gasteiger partial charge < -0.3 is 15.5 Å². The molecule has 0 spiro atoms. The van der Waals surface area contributed by atoms with Crippen LogP contribution in [0.5, 0.6) is 0 Å². The first-order valence-corrected chi connectivity index (χ1v) is 10.7. The summed E-state index contributed by atoms with van der Waals surface area (Å²) in [7, 11) is 0. The van der Waals surface area contributed by atoms with Crippen molar-refractivity contribution < 1.29 is 13.6 Å². The Morgan fingerprint density at radius 1 is 1.03 bits per heavy atom. The lowest BCUT2D eigenvalue weighted by atomic mass is 9.75. The number of carbonyl (C=O) groups excluding carboxylic acids is 1. The fourth-order valence-corrected chi connectivity index (χ4v) is 5.13. The Morgan fingerprint density at radius 3 is 2.70 bits per heavy atom. The minimum absolute atomic E-state index is 0.269. The monoisotopic (exact) mass is 409 g/mol. The van der Waals surface area contributed by atoms with Gasteiger partial charge in [0.1, 0.15) is 11.6 Å². The van der Waals surface area contributed by atoms with Crippen molar-refractivity contribution in [3.05, 3.63) is 59.8 Å². The van der Waals surface area contributed by atoms with Gasteiger partial charge in [0.2, 0.25) is 0 Å². The number of benzene rings is 2. The van der Waals surface area contributed by atoms with Crippen molar-refractivity contribution in [3.63, 3.8) is 0 Å². The third kappa shape index (κ3) is 3.55. The lowest BCUT2D eigenvalue weighted by Gasteiger charge is -2.42. The van der Waals surface area contributed by atoms with Crippen LogP contribution >= 0.6 is 0 Å². The van der Waals surface area contributed by atoms with Crippen molar-refractivity contribution in [2.45, 2.75) is 32.1 Å². The van der Waals surface area contributed by atoms with E-state index in [1.807, 2.05) is 12.1 Å². The van der Waals surface area contributed by atoms with Crippen molar-refractivity contribution in [2.75, 3.05) is 28.6 Å². The first-order valence-electron chi connectivity index (χ1n) is 10.7. The SMILES string of the molecule is O=C1Nc2ccc(F)cc2C1=CNc1ccc(N2CCC3CCCCC3C2)c(F)c1. The van der Waals surface area contributed by atoms with Gasteiger partial charge >= 0.3 is 0 Å². The summed E-state index contributed by atoms with van der Waals surface area (Å²) in [6.45, 7) is 1.83. The van der Waals surface area contributed by atoms with Gasteiger partial charge in [-0.05, 0) is 61.1 Å². The second-order valence-corrected chi connectivity index (χ2v) is 8.55. The lowest BCUT2D eigenvalue weighted by Crippen LogP contribution is -2.42. The molecule has 2 aromatic carbocycles. The first kappa shape index (κ1) is 19.1. The maximum atomic E-state index is 14.9. The second-order valence-electron chi connectivity index (χ2n) is 8.55. The Morgan fingerprint density at radius 2 is 1.87 bits per heavy atom. The molecule has 2 aliphatic heterocycles. The number of carbonyl (C=O) groups is 1. The summed E-state index contributed by atoms with van der Waals surface area (Å²) < 4.78 is 28.5. The Labute approximate surface area is 175 Å². The van der Waals surface area contributed by atoms with Crippen molar-refractivity contribution in [2.24, 2.45) is 11.8 Å². The zero-order valence-corrected chi connectivity index (χ0v) is 16.8. The first-order chi connectivity index (χ1) is 14.6. The number of hydrogen-bond acceptors (Lipinski definition) is 3. The number of anilines is 3. The Balaban J connectivity index is 1.32. The van der Waals surface area contributed by atoms with E-state index < -0.39 is 5.82 Å². The normalized spacial score (nSPS) is 24.4. The van der Waals surface area contributed by atoms with Crippen LogP contribution in [-0.2, 0) is 4.79 Å². The van der Waals surface area contributed by atoms with Gasteiger partial charge in [-0.1, -0.05) is 19.3 Å². The maximum absolute atomic E-state index is 14.9. The zero-order chi connectivity index (χ0) is 20.7. The van der Waals surface area contributed by atoms with E-state index in [4.69, 9.17) is 0 Å². The van der Waals surface area contributed by atoms with E-state index in [0.29, 0.717) is 34.1 Å². The van der Waals surface area contributed by atoms with E-state index in [9.17, 15) is 13.6 Å². The molecule has 4 nitrogen and oxygen atoms in total. The average Bonchev–Trinajstić information content (AvgIpc) is 3.06. The minimum Gasteiger partial charge on any atom is -0.369 e. The largest absolute Gasteiger partial charge is 0.369 e. The number of nitrogens with one attached hydrogen (secondary N) is 2. The Bertz CT molecular complexity index is 1020. The van der Waals surface area contributed by atoms with Gasteiger partial charge in [-0.3, -0.25) is 4.79 Å². The molecule has 1 saturated carbocycles. The highest BCUT2D eigenvalue weighted by Gasteiger charge is 2.32. The van der Waals surface area contributed by atoms with Gasteiger partial charge in [-0.25, -0.2) is 8.78 Å². The topological polar surface area (TPSA) is 44.4 Å². The van der Waals surface area contributed by atoms with Crippen LogP contribution in [0.15, 0.2) is 42.6 Å².